The van der Waals surface area contributed by atoms with Crippen LogP contribution in [0.4, 0.5) is 0 Å². The van der Waals surface area contributed by atoms with Crippen LogP contribution < -0.4 is 12.4 Å². The average Bonchev–Trinajstić information content (AvgIpc) is 1.85. The van der Waals surface area contributed by atoms with Crippen LogP contribution in [0, 0.1) is 6.92 Å². The summed E-state index contributed by atoms with van der Waals surface area (Å²) in [5, 5.41) is 0. The Labute approximate surface area is 94.8 Å². The lowest BCUT2D eigenvalue weighted by Gasteiger charge is -2.23. The van der Waals surface area contributed by atoms with Crippen LogP contribution in [0.25, 0.3) is 0 Å². The Morgan fingerprint density at radius 2 is 1.85 bits per heavy atom. The highest BCUT2D eigenvalue weighted by molar-refractivity contribution is 5.85. The number of quaternary nitrogens is 1. The fourth-order valence-electron chi connectivity index (χ4n) is 0.782. The van der Waals surface area contributed by atoms with Crippen LogP contribution in [0.15, 0.2) is 4.99 Å². The van der Waals surface area contributed by atoms with E-state index in [1.54, 1.807) is 0 Å². The fraction of sp³-hybridized carbons (Fsp3) is 0.778. The second-order valence-electron chi connectivity index (χ2n) is 3.66. The summed E-state index contributed by atoms with van der Waals surface area (Å²) in [6.45, 7) is 5.69. The second kappa shape index (κ2) is 10.3. The Morgan fingerprint density at radius 1 is 1.31 bits per heavy atom. The third-order valence-electron chi connectivity index (χ3n) is 1.32. The Bertz CT molecular complexity index is 119. The summed E-state index contributed by atoms with van der Waals surface area (Å²) < 4.78 is 1.01. The third kappa shape index (κ3) is 18.9. The van der Waals surface area contributed by atoms with Gasteiger partial charge in [-0.1, -0.05) is 0 Å². The molecule has 2 radical (unpaired) electrons. The normalized spacial score (nSPS) is 10.8. The molecule has 0 spiro atoms. The number of nitrogens with zero attached hydrogens (tertiary/aromatic N) is 2. The smallest absolute Gasteiger partial charge is 0.0798 e. The highest BCUT2D eigenvalue weighted by Gasteiger charge is 2.03. The maximum atomic E-state index is 4.07. The van der Waals surface area contributed by atoms with Gasteiger partial charge in [0.2, 0.25) is 0 Å². The molecule has 0 atom stereocenters. The summed E-state index contributed by atoms with van der Waals surface area (Å²) in [5.41, 5.74) is 0. The van der Waals surface area contributed by atoms with Gasteiger partial charge < -0.3 is 16.9 Å². The van der Waals surface area contributed by atoms with Gasteiger partial charge in [0.05, 0.1) is 33.9 Å². The molecule has 0 aromatic carbocycles. The molecular weight excluding hydrogens is 207 g/mol. The van der Waals surface area contributed by atoms with Crippen molar-refractivity contribution in [3.63, 3.8) is 0 Å². The van der Waals surface area contributed by atoms with Crippen LogP contribution >= 0.6 is 12.4 Å². The first-order chi connectivity index (χ1) is 5.06. The molecule has 0 heterocycles. The van der Waals surface area contributed by atoms with E-state index in [2.05, 4.69) is 39.3 Å². The van der Waals surface area contributed by atoms with E-state index < -0.39 is 0 Å². The molecule has 80 valence electrons. The van der Waals surface area contributed by atoms with Crippen molar-refractivity contribution < 1.29 is 16.9 Å². The van der Waals surface area contributed by atoms with Crippen molar-refractivity contribution in [3.05, 3.63) is 6.92 Å². The average molecular weight is 227 g/mol. The van der Waals surface area contributed by atoms with Gasteiger partial charge in [-0.05, 0) is 13.3 Å². The molecule has 0 saturated carbocycles. The van der Waals surface area contributed by atoms with Crippen LogP contribution in [-0.2, 0) is 0 Å². The number of hydrogen-bond donors (Lipinski definition) is 0. The Kier molecular flexibility index (Phi) is 15.0. The molecule has 0 aliphatic heterocycles. The van der Waals surface area contributed by atoms with E-state index in [0.29, 0.717) is 6.42 Å². The lowest BCUT2D eigenvalue weighted by atomic mass is 10.4. The zero-order valence-corrected chi connectivity index (χ0v) is 10.3. The molecule has 0 aliphatic carbocycles. The predicted molar refractivity (Wildman–Crippen MR) is 57.0 cm³/mol. The summed E-state index contributed by atoms with van der Waals surface area (Å²) in [7, 11) is 6.57. The molecule has 0 N–H and O–H groups in total. The van der Waals surface area contributed by atoms with Crippen LogP contribution in [0.5, 0.6) is 0 Å². The first-order valence-electron chi connectivity index (χ1n) is 4.05. The van der Waals surface area contributed by atoms with Crippen LogP contribution in [-0.4, -0.2) is 44.9 Å². The first-order valence-corrected chi connectivity index (χ1v) is 4.05. The van der Waals surface area contributed by atoms with Crippen molar-refractivity contribution in [1.29, 1.82) is 0 Å². The molecule has 0 unspecified atom stereocenters. The summed E-state index contributed by atoms with van der Waals surface area (Å²) in [6, 6.07) is 0. The minimum atomic E-state index is 0. The van der Waals surface area contributed by atoms with Gasteiger partial charge in [-0.15, -0.1) is 12.4 Å². The zero-order valence-electron chi connectivity index (χ0n) is 8.72. The monoisotopic (exact) mass is 226 g/mol. The molecule has 0 aromatic heterocycles. The van der Waals surface area contributed by atoms with Crippen LogP contribution in [0.1, 0.15) is 12.8 Å². The van der Waals surface area contributed by atoms with Gasteiger partial charge >= 0.3 is 0 Å². The SMILES string of the molecule is Cl.[CH2]C/[C]=N/CCC[N+](C)(C)C.[Cl-]. The minimum Gasteiger partial charge on any atom is -1.00 e. The molecule has 4 heteroatoms. The second-order valence-corrected chi connectivity index (χ2v) is 3.66. The maximum Gasteiger partial charge on any atom is 0.0798 e. The van der Waals surface area contributed by atoms with Gasteiger partial charge in [0.15, 0.2) is 0 Å². The molecule has 0 saturated heterocycles. The number of hydrogen-bond acceptors (Lipinski definition) is 1. The van der Waals surface area contributed by atoms with Gasteiger partial charge in [0.1, 0.15) is 0 Å². The van der Waals surface area contributed by atoms with Gasteiger partial charge in [-0.2, -0.15) is 0 Å². The summed E-state index contributed by atoms with van der Waals surface area (Å²) in [5.74, 6) is 0. The molecule has 0 aromatic rings. The molecule has 0 amide bonds. The molecule has 0 bridgehead atoms. The van der Waals surface area contributed by atoms with E-state index in [9.17, 15) is 0 Å². The summed E-state index contributed by atoms with van der Waals surface area (Å²) >= 11 is 0. The molecule has 0 aliphatic rings. The van der Waals surface area contributed by atoms with Crippen LogP contribution in [0.3, 0.4) is 0 Å². The highest BCUT2D eigenvalue weighted by Crippen LogP contribution is 1.93. The van der Waals surface area contributed by atoms with Crippen molar-refractivity contribution >= 4 is 18.6 Å². The first kappa shape index (κ1) is 18.9. The highest BCUT2D eigenvalue weighted by atomic mass is 35.5. The van der Waals surface area contributed by atoms with Crippen molar-refractivity contribution in [3.8, 4) is 0 Å². The number of aliphatic imine (C=N–C) groups is 1. The third-order valence-corrected chi connectivity index (χ3v) is 1.32. The minimum absolute atomic E-state index is 0. The standard InChI is InChI=1S/C9H19N2.2ClH/c1-5-7-10-8-6-9-11(2,3)4;;/h1,5-6,8-9H2,2-4H3;2*1H/q+1;;/p-1. The van der Waals surface area contributed by atoms with Crippen LogP contribution in [0.2, 0.25) is 0 Å². The Hall–Kier alpha value is 0.210. The van der Waals surface area contributed by atoms with E-state index in [4.69, 9.17) is 0 Å². The van der Waals surface area contributed by atoms with E-state index in [-0.39, 0.29) is 24.8 Å². The topological polar surface area (TPSA) is 12.4 Å². The van der Waals surface area contributed by atoms with Crippen molar-refractivity contribution in [1.82, 2.24) is 0 Å². The van der Waals surface area contributed by atoms with Gasteiger partial charge in [-0.3, -0.25) is 4.99 Å². The lowest BCUT2D eigenvalue weighted by molar-refractivity contribution is -0.870. The van der Waals surface area contributed by atoms with Gasteiger partial charge in [-0.25, -0.2) is 0 Å². The molecular formula is C9H20Cl2N2. The molecule has 13 heavy (non-hydrogen) atoms. The van der Waals surface area contributed by atoms with E-state index in [0.717, 1.165) is 17.4 Å². The van der Waals surface area contributed by atoms with E-state index in [1.807, 2.05) is 0 Å². The van der Waals surface area contributed by atoms with Gasteiger partial charge in [0.25, 0.3) is 0 Å². The maximum absolute atomic E-state index is 4.07. The largest absolute Gasteiger partial charge is 1.00 e. The lowest BCUT2D eigenvalue weighted by Crippen LogP contribution is -3.00. The number of halogens is 2. The Balaban J connectivity index is -0.000000500. The molecule has 0 fully saturated rings. The molecule has 2 nitrogen and oxygen atoms in total. The Morgan fingerprint density at radius 3 is 2.23 bits per heavy atom. The fourth-order valence-corrected chi connectivity index (χ4v) is 0.782. The van der Waals surface area contributed by atoms with Crippen molar-refractivity contribution in [2.24, 2.45) is 4.99 Å². The zero-order chi connectivity index (χ0) is 8.74. The van der Waals surface area contributed by atoms with Crippen molar-refractivity contribution in [2.45, 2.75) is 12.8 Å². The molecule has 0 rings (SSSR count). The van der Waals surface area contributed by atoms with Crippen molar-refractivity contribution in [2.75, 3.05) is 34.2 Å². The predicted octanol–water partition coefficient (Wildman–Crippen LogP) is -1.32. The van der Waals surface area contributed by atoms with Gasteiger partial charge in [0, 0.05) is 13.0 Å². The van der Waals surface area contributed by atoms with E-state index >= 15 is 0 Å². The quantitative estimate of drug-likeness (QED) is 0.314. The summed E-state index contributed by atoms with van der Waals surface area (Å²) in [4.78, 5) is 4.07. The van der Waals surface area contributed by atoms with E-state index in [1.165, 1.54) is 6.54 Å². The summed E-state index contributed by atoms with van der Waals surface area (Å²) in [6.07, 6.45) is 4.66. The number of rotatable bonds is 5.